The number of rotatable bonds is 7. The summed E-state index contributed by atoms with van der Waals surface area (Å²) in [5.41, 5.74) is 3.97. The molecule has 230 valence electrons. The lowest BCUT2D eigenvalue weighted by Gasteiger charge is -2.28. The Morgan fingerprint density at radius 2 is 0.667 bits per heavy atom. The zero-order valence-electron chi connectivity index (χ0n) is 26.5. The van der Waals surface area contributed by atoms with E-state index in [1.807, 2.05) is 12.4 Å². The highest BCUT2D eigenvalue weighted by molar-refractivity contribution is 7.94. The summed E-state index contributed by atoms with van der Waals surface area (Å²) >= 11 is 0. The average Bonchev–Trinajstić information content (AvgIpc) is 3.17. The molecule has 0 radical (unpaired) electrons. The van der Waals surface area contributed by atoms with E-state index >= 15 is 0 Å². The Balaban J connectivity index is 1.34. The predicted octanol–water partition coefficient (Wildman–Crippen LogP) is 7.90. The van der Waals surface area contributed by atoms with E-state index in [1.165, 1.54) is 31.8 Å². The van der Waals surface area contributed by atoms with Crippen molar-refractivity contribution in [3.63, 3.8) is 0 Å². The van der Waals surface area contributed by atoms with Crippen LogP contribution in [0.4, 0.5) is 0 Å². The van der Waals surface area contributed by atoms with Crippen molar-refractivity contribution in [1.82, 2.24) is 9.97 Å². The van der Waals surface area contributed by atoms with E-state index < -0.39 is 13.8 Å². The first-order valence-corrected chi connectivity index (χ1v) is 20.0. The normalized spacial score (nSPS) is 11.9. The van der Waals surface area contributed by atoms with Crippen LogP contribution in [0.5, 0.6) is 0 Å². The molecule has 0 spiro atoms. The minimum Gasteiger partial charge on any atom is -0.256 e. The molecular weight excluding hydrogens is 618 g/mol. The van der Waals surface area contributed by atoms with Crippen molar-refractivity contribution in [3.8, 4) is 11.1 Å². The number of aromatic nitrogens is 2. The van der Waals surface area contributed by atoms with Crippen LogP contribution in [0, 0.1) is 0 Å². The second-order valence-corrected chi connectivity index (χ2v) is 18.4. The highest BCUT2D eigenvalue weighted by atomic mass is 31.2. The topological polar surface area (TPSA) is 25.8 Å². The Labute approximate surface area is 282 Å². The Bertz CT molecular complexity index is 2230. The summed E-state index contributed by atoms with van der Waals surface area (Å²) < 4.78 is 0. The van der Waals surface area contributed by atoms with Gasteiger partial charge in [-0.2, -0.15) is 0 Å². The molecule has 2 aromatic heterocycles. The Morgan fingerprint density at radius 3 is 0.979 bits per heavy atom. The minimum absolute atomic E-state index is 0.960. The van der Waals surface area contributed by atoms with Gasteiger partial charge in [0.05, 0.1) is 11.0 Å². The summed E-state index contributed by atoms with van der Waals surface area (Å²) in [6.07, 6.45) is 14.0. The van der Waals surface area contributed by atoms with E-state index in [1.54, 1.807) is 0 Å². The number of pyridine rings is 2. The number of nitrogens with zero attached hydrogens (tertiary/aromatic N) is 2. The molecule has 0 bridgehead atoms. The van der Waals surface area contributed by atoms with Gasteiger partial charge in [-0.25, -0.2) is 0 Å². The van der Waals surface area contributed by atoms with Gasteiger partial charge in [0.15, 0.2) is 0 Å². The van der Waals surface area contributed by atoms with E-state index in [9.17, 15) is 0 Å². The third kappa shape index (κ3) is 5.06. The molecule has 4 heteroatoms. The molecule has 0 N–H and O–H groups in total. The maximum atomic E-state index is 5.04. The summed E-state index contributed by atoms with van der Waals surface area (Å²) in [7, 11) is 0. The van der Waals surface area contributed by atoms with Crippen molar-refractivity contribution >= 4 is 80.0 Å². The Kier molecular flexibility index (Phi) is 7.78. The van der Waals surface area contributed by atoms with Gasteiger partial charge in [-0.1, -0.05) is 158 Å². The predicted molar refractivity (Wildman–Crippen MR) is 214 cm³/mol. The third-order valence-electron chi connectivity index (χ3n) is 9.35. The molecule has 0 atom stereocenters. The van der Waals surface area contributed by atoms with Gasteiger partial charge >= 0.3 is 0 Å². The van der Waals surface area contributed by atoms with Crippen molar-refractivity contribution in [1.29, 1.82) is 0 Å². The van der Waals surface area contributed by atoms with Crippen LogP contribution in [-0.2, 0) is 0 Å². The monoisotopic (exact) mass is 652 g/mol. The molecule has 0 aliphatic carbocycles. The van der Waals surface area contributed by atoms with Crippen LogP contribution < -0.4 is 31.8 Å². The zero-order valence-corrected chi connectivity index (χ0v) is 28.3. The van der Waals surface area contributed by atoms with Gasteiger partial charge in [-0.3, -0.25) is 9.97 Å². The van der Waals surface area contributed by atoms with E-state index in [0.717, 1.165) is 32.9 Å². The number of fused-ring (bicyclic) bond motifs is 2. The highest BCUT2D eigenvalue weighted by Gasteiger charge is 2.26. The van der Waals surface area contributed by atoms with Crippen LogP contribution in [0.25, 0.3) is 32.9 Å². The van der Waals surface area contributed by atoms with Gasteiger partial charge in [0.2, 0.25) is 0 Å². The molecule has 2 heterocycles. The number of hydrogen-bond acceptors (Lipinski definition) is 2. The first-order chi connectivity index (χ1) is 23.6. The average molecular weight is 653 g/mol. The van der Waals surface area contributed by atoms with Crippen LogP contribution in [-0.4, -0.2) is 22.6 Å². The van der Waals surface area contributed by atoms with Crippen molar-refractivity contribution in [2.45, 2.75) is 0 Å². The van der Waals surface area contributed by atoms with Gasteiger partial charge in [-0.15, -0.1) is 0 Å². The van der Waals surface area contributed by atoms with Crippen LogP contribution in [0.1, 0.15) is 0 Å². The molecule has 8 aromatic rings. The highest BCUT2D eigenvalue weighted by Crippen LogP contribution is 2.45. The quantitative estimate of drug-likeness (QED) is 0.164. The van der Waals surface area contributed by atoms with Crippen molar-refractivity contribution in [2.24, 2.45) is 0 Å². The molecular formula is C44H34N2P2. The minimum atomic E-state index is -2.23. The molecule has 0 fully saturated rings. The molecule has 0 aliphatic rings. The summed E-state index contributed by atoms with van der Waals surface area (Å²) in [6, 6.07) is 60.4. The molecule has 0 unspecified atom stereocenters. The van der Waals surface area contributed by atoms with E-state index in [4.69, 9.17) is 22.6 Å². The molecule has 2 nitrogen and oxygen atoms in total. The number of benzene rings is 6. The largest absolute Gasteiger partial charge is 0.256 e. The van der Waals surface area contributed by atoms with Crippen molar-refractivity contribution < 1.29 is 0 Å². The van der Waals surface area contributed by atoms with E-state index in [2.05, 4.69) is 170 Å². The molecule has 6 aromatic carbocycles. The number of hydrogen-bond donors (Lipinski definition) is 0. The molecule has 0 aliphatic heterocycles. The Hall–Kier alpha value is -5.26. The van der Waals surface area contributed by atoms with E-state index in [0.29, 0.717) is 0 Å². The lowest BCUT2D eigenvalue weighted by atomic mass is 10.0. The van der Waals surface area contributed by atoms with Gasteiger partial charge in [0.25, 0.3) is 0 Å². The van der Waals surface area contributed by atoms with E-state index in [-0.39, 0.29) is 0 Å². The van der Waals surface area contributed by atoms with Gasteiger partial charge < -0.3 is 0 Å². The van der Waals surface area contributed by atoms with Crippen molar-refractivity contribution in [3.05, 3.63) is 182 Å². The van der Waals surface area contributed by atoms with Crippen LogP contribution in [0.2, 0.25) is 0 Å². The fourth-order valence-corrected chi connectivity index (χ4v) is 13.1. The zero-order chi connectivity index (χ0) is 32.6. The van der Waals surface area contributed by atoms with Crippen LogP contribution in [0.3, 0.4) is 0 Å². The molecule has 0 saturated carbocycles. The summed E-state index contributed by atoms with van der Waals surface area (Å²) in [4.78, 5) is 10.0. The first-order valence-electron chi connectivity index (χ1n) is 16.1. The lowest BCUT2D eigenvalue weighted by Crippen LogP contribution is -2.26. The fraction of sp³-hybridized carbons (Fsp3) is 0. The molecule has 0 amide bonds. The second kappa shape index (κ2) is 12.4. The SMILES string of the molecule is C=P(c1ccccc1)(c1ccccc1)c1cccc2ncc(-c3cnc4cccc(P(=C)(c5ccccc5)c5ccccc5)c4c3)cc12. The van der Waals surface area contributed by atoms with Crippen LogP contribution in [0.15, 0.2) is 182 Å². The first kappa shape index (κ1) is 30.1. The lowest BCUT2D eigenvalue weighted by molar-refractivity contribution is 1.38. The standard InChI is InChI=1S/C44H34N2P2/c1-47(35-17-7-3-8-18-35,36-19-9-4-10-20-36)43-27-15-25-41-39(43)29-33(31-45-41)34-30-40-42(46-32-34)26-16-28-44(40)48(2,37-21-11-5-12-22-37)38-23-13-6-14-24-38/h3-32H,1-2H2. The van der Waals surface area contributed by atoms with Gasteiger partial charge in [0, 0.05) is 34.3 Å². The van der Waals surface area contributed by atoms with Crippen LogP contribution >= 0.6 is 13.8 Å². The summed E-state index contributed by atoms with van der Waals surface area (Å²) in [6.45, 7) is -4.46. The fourth-order valence-electron chi connectivity index (χ4n) is 6.83. The van der Waals surface area contributed by atoms with Gasteiger partial charge in [0.1, 0.15) is 0 Å². The maximum absolute atomic E-state index is 5.04. The summed E-state index contributed by atoms with van der Waals surface area (Å²) in [5, 5.41) is 9.63. The maximum Gasteiger partial charge on any atom is 0.0709 e. The Morgan fingerprint density at radius 1 is 0.354 bits per heavy atom. The molecule has 0 saturated heterocycles. The van der Waals surface area contributed by atoms with Gasteiger partial charge in [-0.05, 0) is 69.9 Å². The smallest absolute Gasteiger partial charge is 0.0709 e. The second-order valence-electron chi connectivity index (χ2n) is 12.1. The third-order valence-corrected chi connectivity index (χ3v) is 16.5. The van der Waals surface area contributed by atoms with Crippen molar-refractivity contribution in [2.75, 3.05) is 0 Å². The molecule has 8 rings (SSSR count). The molecule has 48 heavy (non-hydrogen) atoms. The summed E-state index contributed by atoms with van der Waals surface area (Å²) in [5.74, 6) is 0.